The Morgan fingerprint density at radius 2 is 1.62 bits per heavy atom. The van der Waals surface area contributed by atoms with Crippen LogP contribution in [0.1, 0.15) is 6.42 Å². The Balaban J connectivity index is 0.00000136. The van der Waals surface area contributed by atoms with Crippen LogP contribution in [-0.4, -0.2) is 52.2 Å². The van der Waals surface area contributed by atoms with Gasteiger partial charge in [0.15, 0.2) is 0 Å². The molecule has 1 aliphatic rings. The van der Waals surface area contributed by atoms with Gasteiger partial charge in [0.1, 0.15) is 0 Å². The van der Waals surface area contributed by atoms with Crippen molar-refractivity contribution in [2.45, 2.75) is 13.0 Å². The molecule has 6 nitrogen and oxygen atoms in total. The predicted octanol–water partition coefficient (Wildman–Crippen LogP) is 5.08. The molecule has 4 aromatic rings. The number of hydrogen-bond donors (Lipinski definition) is 0. The maximum atomic E-state index is 12.9. The van der Waals surface area contributed by atoms with E-state index in [-0.39, 0.29) is 42.8 Å². The van der Waals surface area contributed by atoms with E-state index in [1.165, 1.54) is 5.69 Å². The number of benzene rings is 2. The SMILES string of the molecule is Cl.Cl.Cl.O=c1c2cnc3ccccc3c2ncn1CCCN1CCN(c2cccc(Cl)c2)CC1. The van der Waals surface area contributed by atoms with Crippen molar-refractivity contribution in [3.05, 3.63) is 76.4 Å². The third-order valence-corrected chi connectivity index (χ3v) is 6.22. The summed E-state index contributed by atoms with van der Waals surface area (Å²) in [6, 6.07) is 15.8. The number of para-hydroxylation sites is 1. The average Bonchev–Trinajstić information content (AvgIpc) is 2.81. The average molecular weight is 543 g/mol. The van der Waals surface area contributed by atoms with Crippen LogP contribution in [-0.2, 0) is 6.54 Å². The standard InChI is InChI=1S/C24H24ClN5O.3ClH/c25-18-5-3-6-19(15-18)29-13-11-28(12-14-29)9-4-10-30-17-27-23-20-7-1-2-8-22(20)26-16-21(23)24(30)31;;;/h1-3,5-8,15-17H,4,9-14H2;3*1H. The molecule has 10 heteroatoms. The lowest BCUT2D eigenvalue weighted by molar-refractivity contribution is 0.250. The van der Waals surface area contributed by atoms with Crippen molar-refractivity contribution in [1.29, 1.82) is 0 Å². The van der Waals surface area contributed by atoms with Crippen LogP contribution in [0.5, 0.6) is 0 Å². The zero-order chi connectivity index (χ0) is 21.2. The summed E-state index contributed by atoms with van der Waals surface area (Å²) in [6.07, 6.45) is 4.23. The third kappa shape index (κ3) is 5.93. The number of aromatic nitrogens is 3. The van der Waals surface area contributed by atoms with Gasteiger partial charge in [0, 0.05) is 55.0 Å². The number of piperazine rings is 1. The molecule has 0 aliphatic carbocycles. The molecule has 1 aliphatic heterocycles. The molecule has 5 rings (SSSR count). The molecule has 182 valence electrons. The molecule has 3 heterocycles. The summed E-state index contributed by atoms with van der Waals surface area (Å²) in [5.41, 5.74) is 2.75. The van der Waals surface area contributed by atoms with E-state index in [1.54, 1.807) is 17.1 Å². The molecule has 0 spiro atoms. The Morgan fingerprint density at radius 3 is 2.38 bits per heavy atom. The van der Waals surface area contributed by atoms with Gasteiger partial charge in [-0.05, 0) is 37.2 Å². The second kappa shape index (κ2) is 12.6. The highest BCUT2D eigenvalue weighted by Gasteiger charge is 2.17. The van der Waals surface area contributed by atoms with Crippen LogP contribution in [0.4, 0.5) is 5.69 Å². The Labute approximate surface area is 222 Å². The van der Waals surface area contributed by atoms with Gasteiger partial charge < -0.3 is 4.90 Å². The molecular weight excluding hydrogens is 516 g/mol. The lowest BCUT2D eigenvalue weighted by atomic mass is 10.1. The largest absolute Gasteiger partial charge is 0.369 e. The van der Waals surface area contributed by atoms with Crippen LogP contribution >= 0.6 is 48.8 Å². The Bertz CT molecular complexity index is 1290. The second-order valence-corrected chi connectivity index (χ2v) is 8.38. The Morgan fingerprint density at radius 1 is 0.853 bits per heavy atom. The highest BCUT2D eigenvalue weighted by atomic mass is 35.5. The van der Waals surface area contributed by atoms with Crippen molar-refractivity contribution in [2.24, 2.45) is 0 Å². The first-order chi connectivity index (χ1) is 15.2. The zero-order valence-electron chi connectivity index (χ0n) is 18.5. The number of hydrogen-bond acceptors (Lipinski definition) is 5. The molecule has 1 saturated heterocycles. The van der Waals surface area contributed by atoms with Crippen LogP contribution < -0.4 is 10.5 Å². The quantitative estimate of drug-likeness (QED) is 0.329. The van der Waals surface area contributed by atoms with Crippen LogP contribution in [0.3, 0.4) is 0 Å². The lowest BCUT2D eigenvalue weighted by Crippen LogP contribution is -2.46. The van der Waals surface area contributed by atoms with E-state index in [9.17, 15) is 4.79 Å². The minimum Gasteiger partial charge on any atom is -0.369 e. The highest BCUT2D eigenvalue weighted by Crippen LogP contribution is 2.21. The molecule has 0 radical (unpaired) electrons. The van der Waals surface area contributed by atoms with Gasteiger partial charge in [0.2, 0.25) is 0 Å². The molecule has 0 N–H and O–H groups in total. The molecule has 0 unspecified atom stereocenters. The van der Waals surface area contributed by atoms with E-state index in [2.05, 4.69) is 25.8 Å². The molecule has 1 fully saturated rings. The molecule has 0 amide bonds. The number of nitrogens with zero attached hydrogens (tertiary/aromatic N) is 5. The molecule has 0 atom stereocenters. The van der Waals surface area contributed by atoms with Gasteiger partial charge in [-0.2, -0.15) is 0 Å². The van der Waals surface area contributed by atoms with Crippen molar-refractivity contribution >= 4 is 76.3 Å². The number of halogens is 4. The van der Waals surface area contributed by atoms with E-state index >= 15 is 0 Å². The van der Waals surface area contributed by atoms with E-state index in [1.807, 2.05) is 42.5 Å². The summed E-state index contributed by atoms with van der Waals surface area (Å²) >= 11 is 6.12. The first-order valence-electron chi connectivity index (χ1n) is 10.6. The van der Waals surface area contributed by atoms with Crippen molar-refractivity contribution in [1.82, 2.24) is 19.4 Å². The summed E-state index contributed by atoms with van der Waals surface area (Å²) in [7, 11) is 0. The van der Waals surface area contributed by atoms with Gasteiger partial charge in [-0.3, -0.25) is 19.2 Å². The van der Waals surface area contributed by atoms with Crippen molar-refractivity contribution in [2.75, 3.05) is 37.6 Å². The maximum Gasteiger partial charge on any atom is 0.262 e. The van der Waals surface area contributed by atoms with Gasteiger partial charge in [-0.15, -0.1) is 37.2 Å². The number of fused-ring (bicyclic) bond motifs is 3. The normalized spacial score (nSPS) is 13.7. The van der Waals surface area contributed by atoms with E-state index in [0.717, 1.165) is 60.6 Å². The van der Waals surface area contributed by atoms with Gasteiger partial charge in [-0.25, -0.2) is 4.98 Å². The van der Waals surface area contributed by atoms with E-state index in [0.29, 0.717) is 11.9 Å². The molecular formula is C24H27Cl4N5O. The number of aryl methyl sites for hydroxylation is 1. The molecule has 0 bridgehead atoms. The number of pyridine rings is 1. The minimum absolute atomic E-state index is 0. The Kier molecular flexibility index (Phi) is 10.4. The van der Waals surface area contributed by atoms with Gasteiger partial charge in [0.25, 0.3) is 5.56 Å². The zero-order valence-corrected chi connectivity index (χ0v) is 21.7. The summed E-state index contributed by atoms with van der Waals surface area (Å²) in [6.45, 7) is 5.60. The van der Waals surface area contributed by atoms with Crippen molar-refractivity contribution in [3.8, 4) is 0 Å². The van der Waals surface area contributed by atoms with Gasteiger partial charge in [-0.1, -0.05) is 35.9 Å². The Hall–Kier alpha value is -2.09. The van der Waals surface area contributed by atoms with Crippen LogP contribution in [0.25, 0.3) is 21.8 Å². The topological polar surface area (TPSA) is 54.3 Å². The highest BCUT2D eigenvalue weighted by molar-refractivity contribution is 6.30. The number of anilines is 1. The van der Waals surface area contributed by atoms with E-state index < -0.39 is 0 Å². The van der Waals surface area contributed by atoms with E-state index in [4.69, 9.17) is 11.6 Å². The summed E-state index contributed by atoms with van der Waals surface area (Å²) < 4.78 is 1.71. The summed E-state index contributed by atoms with van der Waals surface area (Å²) in [5.74, 6) is 0. The minimum atomic E-state index is -0.0194. The lowest BCUT2D eigenvalue weighted by Gasteiger charge is -2.36. The smallest absolute Gasteiger partial charge is 0.262 e. The summed E-state index contributed by atoms with van der Waals surface area (Å²) in [5, 5.41) is 2.27. The van der Waals surface area contributed by atoms with Crippen molar-refractivity contribution < 1.29 is 0 Å². The number of rotatable bonds is 5. The molecule has 34 heavy (non-hydrogen) atoms. The van der Waals surface area contributed by atoms with Gasteiger partial charge in [0.05, 0.1) is 22.7 Å². The van der Waals surface area contributed by atoms with Crippen LogP contribution in [0.2, 0.25) is 5.02 Å². The second-order valence-electron chi connectivity index (χ2n) is 7.94. The third-order valence-electron chi connectivity index (χ3n) is 5.98. The molecule has 2 aromatic carbocycles. The first kappa shape index (κ1) is 28.1. The van der Waals surface area contributed by atoms with Gasteiger partial charge >= 0.3 is 0 Å². The monoisotopic (exact) mass is 541 g/mol. The fraction of sp³-hybridized carbons (Fsp3) is 0.292. The molecule has 2 aromatic heterocycles. The summed E-state index contributed by atoms with van der Waals surface area (Å²) in [4.78, 5) is 26.8. The first-order valence-corrected chi connectivity index (χ1v) is 11.0. The predicted molar refractivity (Wildman–Crippen MR) is 148 cm³/mol. The fourth-order valence-electron chi connectivity index (χ4n) is 4.28. The van der Waals surface area contributed by atoms with Crippen molar-refractivity contribution in [3.63, 3.8) is 0 Å². The van der Waals surface area contributed by atoms with Crippen LogP contribution in [0.15, 0.2) is 65.8 Å². The molecule has 0 saturated carbocycles. The van der Waals surface area contributed by atoms with Crippen LogP contribution in [0, 0.1) is 0 Å². The fourth-order valence-corrected chi connectivity index (χ4v) is 4.47. The maximum absolute atomic E-state index is 12.9.